The molecule has 20 heavy (non-hydrogen) atoms. The maximum atomic E-state index is 12.8. The van der Waals surface area contributed by atoms with Crippen LogP contribution in [0.3, 0.4) is 0 Å². The molecule has 0 atom stereocenters. The average Bonchev–Trinajstić information content (AvgIpc) is 2.46. The van der Waals surface area contributed by atoms with Gasteiger partial charge in [0, 0.05) is 19.6 Å². The fraction of sp³-hybridized carbons (Fsp3) is 0.571. The highest BCUT2D eigenvalue weighted by Gasteiger charge is 2.31. The number of para-hydroxylation sites is 2. The Hall–Kier alpha value is -1.27. The molecule has 1 heterocycles. The molecule has 0 amide bonds. The van der Waals surface area contributed by atoms with Crippen molar-refractivity contribution in [2.24, 2.45) is 0 Å². The van der Waals surface area contributed by atoms with E-state index in [1.54, 1.807) is 16.4 Å². The third-order valence-corrected chi connectivity index (χ3v) is 5.51. The summed E-state index contributed by atoms with van der Waals surface area (Å²) in [5.74, 6) is 0. The molecule has 5 nitrogen and oxygen atoms in total. The van der Waals surface area contributed by atoms with Crippen molar-refractivity contribution in [1.82, 2.24) is 4.31 Å². The molecule has 6 heteroatoms. The van der Waals surface area contributed by atoms with Crippen LogP contribution in [0, 0.1) is 0 Å². The van der Waals surface area contributed by atoms with Crippen LogP contribution < -0.4 is 10.0 Å². The quantitative estimate of drug-likeness (QED) is 0.847. The summed E-state index contributed by atoms with van der Waals surface area (Å²) in [7, 11) is -3.48. The van der Waals surface area contributed by atoms with Gasteiger partial charge in [0.1, 0.15) is 0 Å². The summed E-state index contributed by atoms with van der Waals surface area (Å²) in [6, 6.07) is 7.15. The maximum Gasteiger partial charge on any atom is 0.304 e. The monoisotopic (exact) mass is 297 g/mol. The molecule has 1 aromatic carbocycles. The highest BCUT2D eigenvalue weighted by molar-refractivity contribution is 7.90. The number of piperidine rings is 1. The normalized spacial score (nSPS) is 17.1. The Kier molecular flexibility index (Phi) is 4.88. The Morgan fingerprint density at radius 2 is 1.85 bits per heavy atom. The van der Waals surface area contributed by atoms with Crippen molar-refractivity contribution in [3.8, 4) is 0 Å². The van der Waals surface area contributed by atoms with Crippen molar-refractivity contribution < 1.29 is 8.42 Å². The molecule has 0 saturated carbocycles. The first-order valence-corrected chi connectivity index (χ1v) is 8.59. The van der Waals surface area contributed by atoms with E-state index >= 15 is 0 Å². The fourth-order valence-corrected chi connectivity index (χ4v) is 4.34. The topological polar surface area (TPSA) is 66.6 Å². The summed E-state index contributed by atoms with van der Waals surface area (Å²) >= 11 is 0. The summed E-state index contributed by atoms with van der Waals surface area (Å²) in [5.41, 5.74) is 7.04. The molecule has 1 aliphatic heterocycles. The van der Waals surface area contributed by atoms with E-state index in [2.05, 4.69) is 0 Å². The maximum absolute atomic E-state index is 12.8. The van der Waals surface area contributed by atoms with Crippen LogP contribution in [-0.4, -0.2) is 32.4 Å². The van der Waals surface area contributed by atoms with E-state index in [1.165, 1.54) is 4.31 Å². The van der Waals surface area contributed by atoms with E-state index in [0.717, 1.165) is 25.7 Å². The lowest BCUT2D eigenvalue weighted by Crippen LogP contribution is -2.46. The smallest absolute Gasteiger partial charge is 0.304 e. The summed E-state index contributed by atoms with van der Waals surface area (Å²) < 4.78 is 28.7. The van der Waals surface area contributed by atoms with Gasteiger partial charge in [-0.2, -0.15) is 12.7 Å². The van der Waals surface area contributed by atoms with Crippen molar-refractivity contribution in [3.63, 3.8) is 0 Å². The van der Waals surface area contributed by atoms with Crippen LogP contribution in [0.2, 0.25) is 0 Å². The molecule has 0 radical (unpaired) electrons. The molecule has 0 aromatic heterocycles. The lowest BCUT2D eigenvalue weighted by Gasteiger charge is -2.33. The van der Waals surface area contributed by atoms with Gasteiger partial charge in [-0.1, -0.05) is 25.5 Å². The van der Waals surface area contributed by atoms with Gasteiger partial charge in [-0.15, -0.1) is 0 Å². The lowest BCUT2D eigenvalue weighted by molar-refractivity contribution is 0.345. The van der Waals surface area contributed by atoms with Crippen molar-refractivity contribution in [3.05, 3.63) is 24.3 Å². The second-order valence-electron chi connectivity index (χ2n) is 5.10. The molecule has 0 bridgehead atoms. The number of hydrogen-bond acceptors (Lipinski definition) is 3. The minimum Gasteiger partial charge on any atom is -0.397 e. The van der Waals surface area contributed by atoms with Crippen LogP contribution in [-0.2, 0) is 10.2 Å². The summed E-state index contributed by atoms with van der Waals surface area (Å²) in [6.45, 7) is 3.63. The van der Waals surface area contributed by atoms with Gasteiger partial charge < -0.3 is 5.73 Å². The van der Waals surface area contributed by atoms with E-state index in [-0.39, 0.29) is 0 Å². The molecular formula is C14H23N3O2S. The van der Waals surface area contributed by atoms with Crippen LogP contribution in [0.1, 0.15) is 32.6 Å². The van der Waals surface area contributed by atoms with Crippen LogP contribution in [0.4, 0.5) is 11.4 Å². The Labute approximate surface area is 121 Å². The third kappa shape index (κ3) is 3.07. The summed E-state index contributed by atoms with van der Waals surface area (Å²) in [5, 5.41) is 0. The largest absolute Gasteiger partial charge is 0.397 e. The molecule has 112 valence electrons. The molecule has 0 spiro atoms. The SMILES string of the molecule is CCCN(c1ccccc1N)S(=O)(=O)N1CCCCC1. The van der Waals surface area contributed by atoms with Gasteiger partial charge in [-0.25, -0.2) is 0 Å². The Morgan fingerprint density at radius 3 is 2.45 bits per heavy atom. The minimum atomic E-state index is -3.48. The van der Waals surface area contributed by atoms with Crippen molar-refractivity contribution in [1.29, 1.82) is 0 Å². The first-order chi connectivity index (χ1) is 9.57. The molecule has 0 aliphatic carbocycles. The van der Waals surface area contributed by atoms with Crippen molar-refractivity contribution in [2.75, 3.05) is 29.7 Å². The van der Waals surface area contributed by atoms with E-state index in [4.69, 9.17) is 5.73 Å². The number of rotatable bonds is 5. The minimum absolute atomic E-state index is 0.451. The predicted molar refractivity (Wildman–Crippen MR) is 82.8 cm³/mol. The zero-order valence-electron chi connectivity index (χ0n) is 12.0. The van der Waals surface area contributed by atoms with Gasteiger partial charge >= 0.3 is 10.2 Å². The molecule has 0 unspecified atom stereocenters. The molecule has 1 saturated heterocycles. The standard InChI is InChI=1S/C14H23N3O2S/c1-2-10-17(14-9-5-4-8-13(14)15)20(18,19)16-11-6-3-7-12-16/h4-5,8-9H,2-3,6-7,10-12,15H2,1H3. The van der Waals surface area contributed by atoms with E-state index in [0.29, 0.717) is 31.0 Å². The van der Waals surface area contributed by atoms with E-state index in [9.17, 15) is 8.42 Å². The Balaban J connectivity index is 2.34. The molecule has 1 fully saturated rings. The average molecular weight is 297 g/mol. The predicted octanol–water partition coefficient (Wildman–Crippen LogP) is 2.22. The first kappa shape index (κ1) is 15.1. The fourth-order valence-electron chi connectivity index (χ4n) is 2.51. The summed E-state index contributed by atoms with van der Waals surface area (Å²) in [4.78, 5) is 0. The van der Waals surface area contributed by atoms with Crippen LogP contribution in [0.15, 0.2) is 24.3 Å². The van der Waals surface area contributed by atoms with Gasteiger partial charge in [-0.05, 0) is 31.4 Å². The number of anilines is 2. The van der Waals surface area contributed by atoms with Crippen LogP contribution >= 0.6 is 0 Å². The zero-order chi connectivity index (χ0) is 14.6. The third-order valence-electron chi connectivity index (χ3n) is 3.55. The molecule has 1 aromatic rings. The highest BCUT2D eigenvalue weighted by atomic mass is 32.2. The zero-order valence-corrected chi connectivity index (χ0v) is 12.8. The van der Waals surface area contributed by atoms with Crippen molar-refractivity contribution >= 4 is 21.6 Å². The number of benzene rings is 1. The van der Waals surface area contributed by atoms with Crippen molar-refractivity contribution in [2.45, 2.75) is 32.6 Å². The van der Waals surface area contributed by atoms with Gasteiger partial charge in [0.25, 0.3) is 0 Å². The second-order valence-corrected chi connectivity index (χ2v) is 6.95. The Morgan fingerprint density at radius 1 is 1.20 bits per heavy atom. The van der Waals surface area contributed by atoms with Gasteiger partial charge in [-0.3, -0.25) is 4.31 Å². The summed E-state index contributed by atoms with van der Waals surface area (Å²) in [6.07, 6.45) is 3.72. The second kappa shape index (κ2) is 6.45. The molecule has 2 N–H and O–H groups in total. The van der Waals surface area contributed by atoms with E-state index in [1.807, 2.05) is 19.1 Å². The highest BCUT2D eigenvalue weighted by Crippen LogP contribution is 2.28. The van der Waals surface area contributed by atoms with Crippen LogP contribution in [0.25, 0.3) is 0 Å². The van der Waals surface area contributed by atoms with Gasteiger partial charge in [0.05, 0.1) is 11.4 Å². The van der Waals surface area contributed by atoms with Gasteiger partial charge in [0.15, 0.2) is 0 Å². The first-order valence-electron chi connectivity index (χ1n) is 7.19. The van der Waals surface area contributed by atoms with E-state index < -0.39 is 10.2 Å². The van der Waals surface area contributed by atoms with Crippen LogP contribution in [0.5, 0.6) is 0 Å². The number of nitrogen functional groups attached to an aromatic ring is 1. The number of nitrogens with two attached hydrogens (primary N) is 1. The Bertz CT molecular complexity index is 539. The molecule has 1 aliphatic rings. The number of nitrogens with zero attached hydrogens (tertiary/aromatic N) is 2. The molecular weight excluding hydrogens is 274 g/mol. The van der Waals surface area contributed by atoms with Gasteiger partial charge in [0.2, 0.25) is 0 Å². The number of hydrogen-bond donors (Lipinski definition) is 1. The molecule has 2 rings (SSSR count). The lowest BCUT2D eigenvalue weighted by atomic mass is 10.2.